The van der Waals surface area contributed by atoms with Gasteiger partial charge in [0.05, 0.1) is 19.2 Å². The van der Waals surface area contributed by atoms with Gasteiger partial charge >= 0.3 is 5.97 Å². The zero-order valence-corrected chi connectivity index (χ0v) is 15.9. The van der Waals surface area contributed by atoms with E-state index in [1.54, 1.807) is 13.8 Å². The standard InChI is InChI=1S/C19H23NO8/c1-9-4-5-13(21)18(25)15(23)8-16(24)20-12-6-11(27-3)7-14(22)17(12)19(26)28-10(9)2/h6-7,9-10,13,21-22H,4-5,8H2,1-3H3,(H,20,24)/t9-,10+,13?/m1/s1. The van der Waals surface area contributed by atoms with E-state index in [0.29, 0.717) is 6.42 Å². The molecule has 0 aliphatic carbocycles. The summed E-state index contributed by atoms with van der Waals surface area (Å²) < 4.78 is 10.4. The Morgan fingerprint density at radius 2 is 1.82 bits per heavy atom. The Morgan fingerprint density at radius 3 is 2.46 bits per heavy atom. The number of methoxy groups -OCH3 is 1. The molecule has 3 N–H and O–H groups in total. The number of cyclic esters (lactones) is 1. The van der Waals surface area contributed by atoms with Crippen LogP contribution in [0.5, 0.6) is 11.5 Å². The minimum atomic E-state index is -1.52. The van der Waals surface area contributed by atoms with Crippen molar-refractivity contribution in [2.24, 2.45) is 5.92 Å². The Balaban J connectivity index is 2.47. The van der Waals surface area contributed by atoms with Gasteiger partial charge < -0.3 is 25.0 Å². The largest absolute Gasteiger partial charge is 0.507 e. The average molecular weight is 393 g/mol. The van der Waals surface area contributed by atoms with Gasteiger partial charge in [-0.1, -0.05) is 6.92 Å². The number of carbonyl (C=O) groups is 4. The predicted octanol–water partition coefficient (Wildman–Crippen LogP) is 1.20. The van der Waals surface area contributed by atoms with Gasteiger partial charge in [0.2, 0.25) is 17.5 Å². The second-order valence-corrected chi connectivity index (χ2v) is 6.76. The lowest BCUT2D eigenvalue weighted by Crippen LogP contribution is -2.33. The number of Topliss-reactive ketones (excluding diaryl/α,β-unsaturated/α-hetero) is 2. The highest BCUT2D eigenvalue weighted by atomic mass is 16.5. The number of anilines is 1. The number of amides is 1. The Labute approximate surface area is 161 Å². The number of ketones is 2. The van der Waals surface area contributed by atoms with Crippen LogP contribution in [0.2, 0.25) is 0 Å². The molecule has 9 nitrogen and oxygen atoms in total. The molecule has 0 saturated heterocycles. The number of hydrogen-bond donors (Lipinski definition) is 3. The first-order chi connectivity index (χ1) is 13.1. The quantitative estimate of drug-likeness (QED) is 0.367. The van der Waals surface area contributed by atoms with Crippen LogP contribution in [-0.4, -0.2) is 53.0 Å². The fraction of sp³-hybridized carbons (Fsp3) is 0.474. The topological polar surface area (TPSA) is 139 Å². The van der Waals surface area contributed by atoms with Gasteiger partial charge in [0.1, 0.15) is 29.3 Å². The fourth-order valence-corrected chi connectivity index (χ4v) is 2.78. The van der Waals surface area contributed by atoms with E-state index in [2.05, 4.69) is 5.32 Å². The first-order valence-electron chi connectivity index (χ1n) is 8.81. The second kappa shape index (κ2) is 8.83. The predicted molar refractivity (Wildman–Crippen MR) is 97.2 cm³/mol. The summed E-state index contributed by atoms with van der Waals surface area (Å²) in [5.41, 5.74) is -0.409. The summed E-state index contributed by atoms with van der Waals surface area (Å²) in [5.74, 6) is -4.38. The molecule has 1 aromatic rings. The number of phenolic OH excluding ortho intramolecular Hbond substituents is 1. The SMILES string of the molecule is COc1cc(O)c2c(c1)NC(=O)CC(=O)C(=O)C(O)CC[C@@H](C)[C@H](C)OC2=O. The lowest BCUT2D eigenvalue weighted by atomic mass is 9.95. The fourth-order valence-electron chi connectivity index (χ4n) is 2.78. The molecular weight excluding hydrogens is 370 g/mol. The Hall–Kier alpha value is -2.94. The highest BCUT2D eigenvalue weighted by Gasteiger charge is 2.30. The molecule has 9 heteroatoms. The van der Waals surface area contributed by atoms with Crippen molar-refractivity contribution < 1.29 is 38.9 Å². The summed E-state index contributed by atoms with van der Waals surface area (Å²) in [6, 6.07) is 2.48. The molecule has 1 amide bonds. The molecule has 3 atom stereocenters. The number of aliphatic hydroxyl groups excluding tert-OH is 1. The highest BCUT2D eigenvalue weighted by Crippen LogP contribution is 2.33. The molecule has 28 heavy (non-hydrogen) atoms. The summed E-state index contributed by atoms with van der Waals surface area (Å²) in [7, 11) is 1.33. The molecule has 2 rings (SSSR count). The molecule has 0 aromatic heterocycles. The highest BCUT2D eigenvalue weighted by molar-refractivity contribution is 6.42. The maximum absolute atomic E-state index is 12.6. The summed E-state index contributed by atoms with van der Waals surface area (Å²) in [5, 5.41) is 22.4. The van der Waals surface area contributed by atoms with Gasteiger partial charge in [-0.2, -0.15) is 0 Å². The van der Waals surface area contributed by atoms with Crippen LogP contribution in [0.1, 0.15) is 43.5 Å². The summed E-state index contributed by atoms with van der Waals surface area (Å²) >= 11 is 0. The molecule has 1 unspecified atom stereocenters. The second-order valence-electron chi connectivity index (χ2n) is 6.76. The number of benzene rings is 1. The summed E-state index contributed by atoms with van der Waals surface area (Å²) in [6.07, 6.45) is -2.64. The van der Waals surface area contributed by atoms with Crippen LogP contribution in [0, 0.1) is 5.92 Å². The van der Waals surface area contributed by atoms with Crippen molar-refractivity contribution in [2.45, 2.75) is 45.3 Å². The van der Waals surface area contributed by atoms with Crippen molar-refractivity contribution >= 4 is 29.1 Å². The van der Waals surface area contributed by atoms with Crippen LogP contribution in [0.4, 0.5) is 5.69 Å². The molecule has 0 saturated carbocycles. The minimum Gasteiger partial charge on any atom is -0.507 e. The monoisotopic (exact) mass is 393 g/mol. The van der Waals surface area contributed by atoms with Crippen molar-refractivity contribution in [3.05, 3.63) is 17.7 Å². The molecule has 1 aliphatic rings. The maximum Gasteiger partial charge on any atom is 0.344 e. The van der Waals surface area contributed by atoms with Gasteiger partial charge in [0.15, 0.2) is 0 Å². The van der Waals surface area contributed by atoms with E-state index in [-0.39, 0.29) is 29.3 Å². The number of nitrogens with one attached hydrogen (secondary N) is 1. The van der Waals surface area contributed by atoms with Crippen molar-refractivity contribution in [1.82, 2.24) is 0 Å². The van der Waals surface area contributed by atoms with Gasteiger partial charge in [-0.25, -0.2) is 4.79 Å². The van der Waals surface area contributed by atoms with E-state index in [4.69, 9.17) is 9.47 Å². The van der Waals surface area contributed by atoms with Crippen LogP contribution < -0.4 is 10.1 Å². The van der Waals surface area contributed by atoms with E-state index >= 15 is 0 Å². The van der Waals surface area contributed by atoms with Crippen molar-refractivity contribution in [3.8, 4) is 11.5 Å². The third kappa shape index (κ3) is 4.86. The number of hydrogen-bond acceptors (Lipinski definition) is 8. The minimum absolute atomic E-state index is 0.00567. The molecule has 152 valence electrons. The Bertz CT molecular complexity index is 803. The smallest absolute Gasteiger partial charge is 0.344 e. The maximum atomic E-state index is 12.6. The van der Waals surface area contributed by atoms with E-state index < -0.39 is 47.8 Å². The number of ether oxygens (including phenoxy) is 2. The number of aromatic hydroxyl groups is 1. The summed E-state index contributed by atoms with van der Waals surface area (Å²) in [6.45, 7) is 3.39. The van der Waals surface area contributed by atoms with E-state index in [1.807, 2.05) is 0 Å². The number of aliphatic hydroxyl groups is 1. The molecule has 1 aliphatic heterocycles. The van der Waals surface area contributed by atoms with Crippen LogP contribution in [0.15, 0.2) is 12.1 Å². The number of rotatable bonds is 1. The normalized spacial score (nSPS) is 24.6. The lowest BCUT2D eigenvalue weighted by molar-refractivity contribution is -0.143. The van der Waals surface area contributed by atoms with Crippen molar-refractivity contribution in [1.29, 1.82) is 0 Å². The van der Waals surface area contributed by atoms with Crippen LogP contribution in [-0.2, 0) is 19.1 Å². The first-order valence-corrected chi connectivity index (χ1v) is 8.81. The Kier molecular flexibility index (Phi) is 6.74. The third-order valence-electron chi connectivity index (χ3n) is 4.69. The zero-order valence-electron chi connectivity index (χ0n) is 15.9. The van der Waals surface area contributed by atoms with E-state index in [0.717, 1.165) is 0 Å². The number of carbonyl (C=O) groups excluding carboxylic acids is 4. The molecule has 0 fully saturated rings. The van der Waals surface area contributed by atoms with Crippen LogP contribution in [0.3, 0.4) is 0 Å². The molecule has 0 radical (unpaired) electrons. The van der Waals surface area contributed by atoms with E-state index in [9.17, 15) is 29.4 Å². The zero-order chi connectivity index (χ0) is 21.0. The van der Waals surface area contributed by atoms with Gasteiger partial charge in [-0.15, -0.1) is 0 Å². The van der Waals surface area contributed by atoms with Gasteiger partial charge in [0.25, 0.3) is 0 Å². The average Bonchev–Trinajstić information content (AvgIpc) is 2.63. The van der Waals surface area contributed by atoms with Gasteiger partial charge in [-0.3, -0.25) is 14.4 Å². The number of esters is 1. The van der Waals surface area contributed by atoms with Crippen LogP contribution >= 0.6 is 0 Å². The first kappa shape index (κ1) is 21.4. The van der Waals surface area contributed by atoms with E-state index in [1.165, 1.54) is 19.2 Å². The van der Waals surface area contributed by atoms with Crippen LogP contribution in [0.25, 0.3) is 0 Å². The molecule has 1 heterocycles. The Morgan fingerprint density at radius 1 is 1.14 bits per heavy atom. The molecule has 0 spiro atoms. The van der Waals surface area contributed by atoms with Crippen molar-refractivity contribution in [3.63, 3.8) is 0 Å². The molecular formula is C19H23NO8. The molecule has 0 bridgehead atoms. The number of phenols is 1. The number of fused-ring (bicyclic) bond motifs is 1. The summed E-state index contributed by atoms with van der Waals surface area (Å²) in [4.78, 5) is 48.7. The van der Waals surface area contributed by atoms with Crippen molar-refractivity contribution in [2.75, 3.05) is 12.4 Å². The molecule has 1 aromatic carbocycles. The third-order valence-corrected chi connectivity index (χ3v) is 4.69. The lowest BCUT2D eigenvalue weighted by Gasteiger charge is -2.23. The van der Waals surface area contributed by atoms with Gasteiger partial charge in [0, 0.05) is 12.1 Å². The van der Waals surface area contributed by atoms with Gasteiger partial charge in [-0.05, 0) is 25.7 Å².